The third-order valence-electron chi connectivity index (χ3n) is 5.03. The molecule has 0 saturated carbocycles. The van der Waals surface area contributed by atoms with Crippen LogP contribution in [0.2, 0.25) is 5.02 Å². The summed E-state index contributed by atoms with van der Waals surface area (Å²) >= 11 is 7.97. The maximum atomic E-state index is 12.4. The third kappa shape index (κ3) is 5.91. The fraction of sp³-hybridized carbons (Fsp3) is 0.409. The van der Waals surface area contributed by atoms with Crippen molar-refractivity contribution in [2.75, 3.05) is 30.3 Å². The van der Waals surface area contributed by atoms with E-state index in [1.54, 1.807) is 11.8 Å². The number of piperidine rings is 1. The van der Waals surface area contributed by atoms with Crippen LogP contribution in [0.15, 0.2) is 48.5 Å². The van der Waals surface area contributed by atoms with E-state index in [1.165, 1.54) is 11.3 Å². The second-order valence-electron chi connectivity index (χ2n) is 7.03. The first-order valence-electron chi connectivity index (χ1n) is 9.54. The van der Waals surface area contributed by atoms with Crippen LogP contribution in [0.5, 0.6) is 0 Å². The highest BCUT2D eigenvalue weighted by Gasteiger charge is 2.24. The summed E-state index contributed by atoms with van der Waals surface area (Å²) < 4.78 is 0. The van der Waals surface area contributed by atoms with E-state index in [4.69, 9.17) is 11.6 Å². The van der Waals surface area contributed by atoms with E-state index in [9.17, 15) is 4.79 Å². The van der Waals surface area contributed by atoms with Gasteiger partial charge in [-0.15, -0.1) is 0 Å². The van der Waals surface area contributed by atoms with Crippen molar-refractivity contribution >= 4 is 35.0 Å². The molecule has 3 nitrogen and oxygen atoms in total. The highest BCUT2D eigenvalue weighted by molar-refractivity contribution is 7.98. The molecule has 1 saturated heterocycles. The lowest BCUT2D eigenvalue weighted by Gasteiger charge is -2.33. The third-order valence-corrected chi connectivity index (χ3v) is 6.40. The Bertz CT molecular complexity index is 742. The summed E-state index contributed by atoms with van der Waals surface area (Å²) in [6.07, 6.45) is 1.85. The predicted octanol–water partition coefficient (Wildman–Crippen LogP) is 4.91. The smallest absolute Gasteiger partial charge is 0.223 e. The molecular weight excluding hydrogens is 376 g/mol. The summed E-state index contributed by atoms with van der Waals surface area (Å²) in [4.78, 5) is 14.8. The monoisotopic (exact) mass is 402 g/mol. The predicted molar refractivity (Wildman–Crippen MR) is 117 cm³/mol. The van der Waals surface area contributed by atoms with Crippen LogP contribution >= 0.6 is 23.4 Å². The number of carbonyl (C=O) groups excluding carboxylic acids is 1. The van der Waals surface area contributed by atoms with Gasteiger partial charge in [-0.1, -0.05) is 47.5 Å². The van der Waals surface area contributed by atoms with Crippen LogP contribution in [0, 0.1) is 12.8 Å². The maximum absolute atomic E-state index is 12.4. The minimum atomic E-state index is 0.139. The van der Waals surface area contributed by atoms with Gasteiger partial charge in [0.15, 0.2) is 0 Å². The van der Waals surface area contributed by atoms with Crippen molar-refractivity contribution in [3.05, 3.63) is 64.7 Å². The molecule has 0 aromatic heterocycles. The Hall–Kier alpha value is -1.65. The van der Waals surface area contributed by atoms with Crippen molar-refractivity contribution in [1.82, 2.24) is 5.32 Å². The Balaban J connectivity index is 1.33. The minimum absolute atomic E-state index is 0.139. The minimum Gasteiger partial charge on any atom is -0.371 e. The number of halogens is 1. The van der Waals surface area contributed by atoms with E-state index in [0.29, 0.717) is 6.54 Å². The SMILES string of the molecule is Cc1ccc(N2CCC(C(=O)NCCSCc3ccccc3Cl)CC2)cc1. The largest absolute Gasteiger partial charge is 0.371 e. The molecular formula is C22H27ClN2OS. The molecule has 144 valence electrons. The number of nitrogens with one attached hydrogen (secondary N) is 1. The van der Waals surface area contributed by atoms with E-state index in [0.717, 1.165) is 48.0 Å². The maximum Gasteiger partial charge on any atom is 0.223 e. The number of hydrogen-bond donors (Lipinski definition) is 1. The molecule has 0 atom stereocenters. The number of anilines is 1. The Kier molecular flexibility index (Phi) is 7.48. The van der Waals surface area contributed by atoms with E-state index in [-0.39, 0.29) is 11.8 Å². The normalized spacial score (nSPS) is 15.0. The van der Waals surface area contributed by atoms with Gasteiger partial charge in [-0.2, -0.15) is 11.8 Å². The van der Waals surface area contributed by atoms with Crippen LogP contribution in [0.3, 0.4) is 0 Å². The molecule has 27 heavy (non-hydrogen) atoms. The van der Waals surface area contributed by atoms with Gasteiger partial charge in [0, 0.05) is 47.8 Å². The molecule has 1 fully saturated rings. The zero-order valence-corrected chi connectivity index (χ0v) is 17.4. The van der Waals surface area contributed by atoms with E-state index < -0.39 is 0 Å². The van der Waals surface area contributed by atoms with E-state index >= 15 is 0 Å². The standard InChI is InChI=1S/C22H27ClN2OS/c1-17-6-8-20(9-7-17)25-13-10-18(11-14-25)22(26)24-12-15-27-16-19-4-2-3-5-21(19)23/h2-9,18H,10-16H2,1H3,(H,24,26). The molecule has 0 radical (unpaired) electrons. The van der Waals surface area contributed by atoms with Crippen LogP contribution in [0.4, 0.5) is 5.69 Å². The summed E-state index contributed by atoms with van der Waals surface area (Å²) in [6.45, 7) is 4.71. The van der Waals surface area contributed by atoms with Crippen LogP contribution in [-0.2, 0) is 10.5 Å². The molecule has 0 unspecified atom stereocenters. The van der Waals surface area contributed by atoms with Crippen molar-refractivity contribution in [1.29, 1.82) is 0 Å². The van der Waals surface area contributed by atoms with E-state index in [1.807, 2.05) is 18.2 Å². The van der Waals surface area contributed by atoms with Gasteiger partial charge in [-0.25, -0.2) is 0 Å². The number of hydrogen-bond acceptors (Lipinski definition) is 3. The molecule has 3 rings (SSSR count). The van der Waals surface area contributed by atoms with Crippen LogP contribution in [0.25, 0.3) is 0 Å². The lowest BCUT2D eigenvalue weighted by molar-refractivity contribution is -0.125. The summed E-state index contributed by atoms with van der Waals surface area (Å²) in [5.41, 5.74) is 3.69. The molecule has 0 spiro atoms. The number of amides is 1. The van der Waals surface area contributed by atoms with Crippen LogP contribution in [0.1, 0.15) is 24.0 Å². The van der Waals surface area contributed by atoms with Crippen molar-refractivity contribution in [2.45, 2.75) is 25.5 Å². The van der Waals surface area contributed by atoms with Crippen molar-refractivity contribution in [2.24, 2.45) is 5.92 Å². The van der Waals surface area contributed by atoms with E-state index in [2.05, 4.69) is 47.5 Å². The average Bonchev–Trinajstić information content (AvgIpc) is 2.69. The number of benzene rings is 2. The lowest BCUT2D eigenvalue weighted by atomic mass is 9.95. The van der Waals surface area contributed by atoms with Crippen molar-refractivity contribution < 1.29 is 4.79 Å². The number of carbonyl (C=O) groups is 1. The molecule has 2 aromatic carbocycles. The second-order valence-corrected chi connectivity index (χ2v) is 8.54. The van der Waals surface area contributed by atoms with Gasteiger partial charge in [0.05, 0.1) is 0 Å². The Morgan fingerprint density at radius 1 is 1.15 bits per heavy atom. The molecule has 5 heteroatoms. The zero-order valence-electron chi connectivity index (χ0n) is 15.8. The van der Waals surface area contributed by atoms with Gasteiger partial charge in [-0.3, -0.25) is 4.79 Å². The van der Waals surface area contributed by atoms with Crippen LogP contribution < -0.4 is 10.2 Å². The highest BCUT2D eigenvalue weighted by atomic mass is 35.5. The molecule has 1 amide bonds. The molecule has 1 N–H and O–H groups in total. The van der Waals surface area contributed by atoms with Crippen LogP contribution in [-0.4, -0.2) is 31.3 Å². The van der Waals surface area contributed by atoms with Gasteiger partial charge < -0.3 is 10.2 Å². The number of thioether (sulfide) groups is 1. The van der Waals surface area contributed by atoms with Gasteiger partial charge in [0.25, 0.3) is 0 Å². The van der Waals surface area contributed by atoms with Gasteiger partial charge in [0.1, 0.15) is 0 Å². The lowest BCUT2D eigenvalue weighted by Crippen LogP contribution is -2.41. The molecule has 0 aliphatic carbocycles. The fourth-order valence-electron chi connectivity index (χ4n) is 3.34. The second kappa shape index (κ2) is 10.0. The Labute approximate surface area is 171 Å². The molecule has 1 aliphatic heterocycles. The Morgan fingerprint density at radius 3 is 2.56 bits per heavy atom. The number of nitrogens with zero attached hydrogens (tertiary/aromatic N) is 1. The highest BCUT2D eigenvalue weighted by Crippen LogP contribution is 2.24. The number of aryl methyl sites for hydroxylation is 1. The Morgan fingerprint density at radius 2 is 1.85 bits per heavy atom. The average molecular weight is 403 g/mol. The van der Waals surface area contributed by atoms with Gasteiger partial charge in [0.2, 0.25) is 5.91 Å². The molecule has 1 aliphatic rings. The fourth-order valence-corrected chi connectivity index (χ4v) is 4.49. The first-order valence-corrected chi connectivity index (χ1v) is 11.1. The summed E-state index contributed by atoms with van der Waals surface area (Å²) in [6, 6.07) is 16.6. The number of rotatable bonds is 7. The van der Waals surface area contributed by atoms with Gasteiger partial charge >= 0.3 is 0 Å². The van der Waals surface area contributed by atoms with Crippen molar-refractivity contribution in [3.8, 4) is 0 Å². The van der Waals surface area contributed by atoms with Gasteiger partial charge in [-0.05, 0) is 43.5 Å². The summed E-state index contributed by atoms with van der Waals surface area (Å²) in [5.74, 6) is 2.13. The quantitative estimate of drug-likeness (QED) is 0.667. The van der Waals surface area contributed by atoms with Crippen molar-refractivity contribution in [3.63, 3.8) is 0 Å². The molecule has 2 aromatic rings. The molecule has 1 heterocycles. The topological polar surface area (TPSA) is 32.3 Å². The summed E-state index contributed by atoms with van der Waals surface area (Å²) in [5, 5.41) is 3.92. The zero-order chi connectivity index (χ0) is 19.1. The first-order chi connectivity index (χ1) is 13.1. The molecule has 0 bridgehead atoms. The summed E-state index contributed by atoms with van der Waals surface area (Å²) in [7, 11) is 0. The first kappa shape index (κ1) is 20.1.